The SMILES string of the molecule is CC(=O)/C=C(/C)O.CC(=O)/C=C(/C)O.[H-].[H-].[H-].[H-].[Mg+2].[Mg+2]. The molecule has 0 amide bonds. The number of allylic oxidation sites excluding steroid dienone is 4. The third-order valence-electron chi connectivity index (χ3n) is 0.824. The van der Waals surface area contributed by atoms with Gasteiger partial charge >= 0.3 is 46.1 Å². The van der Waals surface area contributed by atoms with Gasteiger partial charge in [-0.25, -0.2) is 0 Å². The minimum Gasteiger partial charge on any atom is -1.00 e. The summed E-state index contributed by atoms with van der Waals surface area (Å²) in [5.41, 5.74) is 0. The Balaban J connectivity index is -0.0000000185. The predicted molar refractivity (Wildman–Crippen MR) is 70.1 cm³/mol. The number of carbonyl (C=O) groups is 2. The number of hydrogen-bond acceptors (Lipinski definition) is 4. The van der Waals surface area contributed by atoms with Crippen LogP contribution in [0.4, 0.5) is 0 Å². The first kappa shape index (κ1) is 25.0. The van der Waals surface area contributed by atoms with E-state index in [4.69, 9.17) is 10.2 Å². The van der Waals surface area contributed by atoms with E-state index in [1.54, 1.807) is 0 Å². The molecule has 0 aromatic rings. The monoisotopic (exact) mass is 252 g/mol. The number of ketones is 2. The number of carbonyl (C=O) groups excluding carboxylic acids is 2. The van der Waals surface area contributed by atoms with E-state index in [1.807, 2.05) is 0 Å². The van der Waals surface area contributed by atoms with Crippen molar-refractivity contribution in [1.82, 2.24) is 0 Å². The van der Waals surface area contributed by atoms with Gasteiger partial charge in [0.05, 0.1) is 11.5 Å². The van der Waals surface area contributed by atoms with E-state index in [1.165, 1.54) is 39.8 Å². The zero-order valence-electron chi connectivity index (χ0n) is 14.3. The first-order chi connectivity index (χ1) is 6.25. The normalized spacial score (nSPS) is 10.0. The Kier molecular flexibility index (Phi) is 23.3. The van der Waals surface area contributed by atoms with Crippen molar-refractivity contribution in [2.75, 3.05) is 0 Å². The van der Waals surface area contributed by atoms with Crippen LogP contribution in [0.3, 0.4) is 0 Å². The second-order valence-corrected chi connectivity index (χ2v) is 2.79. The van der Waals surface area contributed by atoms with Crippen LogP contribution in [0, 0.1) is 0 Å². The van der Waals surface area contributed by atoms with Crippen LogP contribution < -0.4 is 0 Å². The maximum Gasteiger partial charge on any atom is 2.00 e. The maximum atomic E-state index is 10.0. The molecule has 0 radical (unpaired) electrons. The zero-order valence-corrected chi connectivity index (χ0v) is 13.1. The molecule has 0 unspecified atom stereocenters. The Labute approximate surface area is 134 Å². The van der Waals surface area contributed by atoms with Gasteiger partial charge in [0.15, 0.2) is 11.6 Å². The van der Waals surface area contributed by atoms with Crippen LogP contribution in [0.25, 0.3) is 0 Å². The Morgan fingerprint density at radius 3 is 1.00 bits per heavy atom. The van der Waals surface area contributed by atoms with Gasteiger partial charge in [-0.3, -0.25) is 9.59 Å². The maximum absolute atomic E-state index is 10.0. The van der Waals surface area contributed by atoms with Crippen molar-refractivity contribution in [3.05, 3.63) is 23.7 Å². The fraction of sp³-hybridized carbons (Fsp3) is 0.400. The van der Waals surface area contributed by atoms with E-state index in [0.717, 1.165) is 0 Å². The third kappa shape index (κ3) is 37.0. The van der Waals surface area contributed by atoms with Gasteiger partial charge in [0.1, 0.15) is 0 Å². The molecule has 0 aliphatic rings. The zero-order chi connectivity index (χ0) is 11.7. The molecule has 0 spiro atoms. The van der Waals surface area contributed by atoms with Crippen LogP contribution in [-0.2, 0) is 9.59 Å². The van der Waals surface area contributed by atoms with E-state index in [2.05, 4.69) is 0 Å². The smallest absolute Gasteiger partial charge is 1.00 e. The molecule has 0 aromatic heterocycles. The number of hydrogen-bond donors (Lipinski definition) is 2. The summed E-state index contributed by atoms with van der Waals surface area (Å²) in [7, 11) is 0. The van der Waals surface area contributed by atoms with Crippen LogP contribution in [0.5, 0.6) is 0 Å². The van der Waals surface area contributed by atoms with Crippen molar-refractivity contribution in [3.8, 4) is 0 Å². The summed E-state index contributed by atoms with van der Waals surface area (Å²) in [6, 6.07) is 0. The largest absolute Gasteiger partial charge is 2.00 e. The molecule has 6 heteroatoms. The van der Waals surface area contributed by atoms with E-state index in [0.29, 0.717) is 0 Å². The van der Waals surface area contributed by atoms with Crippen LogP contribution >= 0.6 is 0 Å². The number of aliphatic hydroxyl groups is 2. The number of aliphatic hydroxyl groups excluding tert-OH is 2. The Hall–Kier alpha value is -0.0475. The van der Waals surface area contributed by atoms with Gasteiger partial charge in [0, 0.05) is 12.2 Å². The molecule has 0 aliphatic carbocycles. The summed E-state index contributed by atoms with van der Waals surface area (Å²) in [6.45, 7) is 5.70. The second-order valence-electron chi connectivity index (χ2n) is 2.79. The minimum absolute atomic E-state index is 0. The molecule has 0 fully saturated rings. The van der Waals surface area contributed by atoms with E-state index < -0.39 is 0 Å². The quantitative estimate of drug-likeness (QED) is 0.446. The Morgan fingerprint density at radius 2 is 1.00 bits per heavy atom. The molecule has 88 valence electrons. The van der Waals surface area contributed by atoms with Gasteiger partial charge < -0.3 is 15.9 Å². The molecule has 0 bridgehead atoms. The molecule has 0 atom stereocenters. The summed E-state index contributed by atoms with van der Waals surface area (Å²) in [5.74, 6) is -0.125. The summed E-state index contributed by atoms with van der Waals surface area (Å²) < 4.78 is 0. The molecule has 2 N–H and O–H groups in total. The van der Waals surface area contributed by atoms with Crippen molar-refractivity contribution in [3.63, 3.8) is 0 Å². The van der Waals surface area contributed by atoms with Crippen molar-refractivity contribution >= 4 is 57.7 Å². The van der Waals surface area contributed by atoms with Crippen LogP contribution in [0.1, 0.15) is 33.4 Å². The molecule has 4 nitrogen and oxygen atoms in total. The van der Waals surface area contributed by atoms with Crippen molar-refractivity contribution in [2.45, 2.75) is 27.7 Å². The van der Waals surface area contributed by atoms with Gasteiger partial charge in [0.25, 0.3) is 0 Å². The van der Waals surface area contributed by atoms with Gasteiger partial charge in [-0.1, -0.05) is 0 Å². The van der Waals surface area contributed by atoms with Gasteiger partial charge in [-0.2, -0.15) is 0 Å². The molecule has 0 saturated heterocycles. The second kappa shape index (κ2) is 15.0. The molecular formula is C10H20Mg2O4. The average Bonchev–Trinajstić information content (AvgIpc) is 1.79. The fourth-order valence-electron chi connectivity index (χ4n) is 0.588. The first-order valence-corrected chi connectivity index (χ1v) is 4.01. The fourth-order valence-corrected chi connectivity index (χ4v) is 0.588. The molecule has 0 aromatic carbocycles. The van der Waals surface area contributed by atoms with Crippen molar-refractivity contribution in [2.24, 2.45) is 0 Å². The van der Waals surface area contributed by atoms with Crippen molar-refractivity contribution in [1.29, 1.82) is 0 Å². The Bertz CT molecular complexity index is 248. The van der Waals surface area contributed by atoms with E-state index in [-0.39, 0.29) is 74.9 Å². The predicted octanol–water partition coefficient (Wildman–Crippen LogP) is 1.76. The summed E-state index contributed by atoms with van der Waals surface area (Å²) in [5, 5.41) is 16.7. The molecule has 0 heterocycles. The van der Waals surface area contributed by atoms with E-state index >= 15 is 0 Å². The standard InChI is InChI=1S/2C5H8O2.2Mg.4H/c2*1-4(6)3-5(2)7;;;;;;/h2*3,6H,1-2H3;;;;;;/q;;2*+2;4*-1/b2*4-3-;;;;;;. The summed E-state index contributed by atoms with van der Waals surface area (Å²) >= 11 is 0. The van der Waals surface area contributed by atoms with E-state index in [9.17, 15) is 9.59 Å². The van der Waals surface area contributed by atoms with Crippen LogP contribution in [-0.4, -0.2) is 67.9 Å². The minimum atomic E-state index is -0.125. The summed E-state index contributed by atoms with van der Waals surface area (Å²) in [6.07, 6.45) is 2.33. The number of rotatable bonds is 2. The third-order valence-corrected chi connectivity index (χ3v) is 0.824. The van der Waals surface area contributed by atoms with Gasteiger partial charge in [0.2, 0.25) is 0 Å². The molecule has 0 saturated carbocycles. The Morgan fingerprint density at radius 1 is 0.812 bits per heavy atom. The molecule has 0 aliphatic heterocycles. The molecular weight excluding hydrogens is 233 g/mol. The van der Waals surface area contributed by atoms with Crippen LogP contribution in [0.15, 0.2) is 23.7 Å². The van der Waals surface area contributed by atoms with Crippen LogP contribution in [0.2, 0.25) is 0 Å². The van der Waals surface area contributed by atoms with Crippen molar-refractivity contribution < 1.29 is 25.5 Å². The average molecular weight is 253 g/mol. The first-order valence-electron chi connectivity index (χ1n) is 4.01. The van der Waals surface area contributed by atoms with Gasteiger partial charge in [-0.15, -0.1) is 0 Å². The topological polar surface area (TPSA) is 74.6 Å². The summed E-state index contributed by atoms with van der Waals surface area (Å²) in [4.78, 5) is 20.0. The molecule has 0 rings (SSSR count). The molecule has 16 heavy (non-hydrogen) atoms. The van der Waals surface area contributed by atoms with Gasteiger partial charge in [-0.05, 0) is 27.7 Å².